The molecular weight excluding hydrogens is 262 g/mol. The van der Waals surface area contributed by atoms with Crippen LogP contribution in [0.3, 0.4) is 0 Å². The fourth-order valence-electron chi connectivity index (χ4n) is 2.15. The summed E-state index contributed by atoms with van der Waals surface area (Å²) in [6, 6.07) is 1.27. The molecule has 110 valence electrons. The van der Waals surface area contributed by atoms with Crippen molar-refractivity contribution in [2.45, 2.75) is 38.8 Å². The summed E-state index contributed by atoms with van der Waals surface area (Å²) in [5.74, 6) is -0.0988. The number of aromatic nitrogens is 1. The first-order valence-corrected chi connectivity index (χ1v) is 6.83. The van der Waals surface area contributed by atoms with Gasteiger partial charge in [-0.25, -0.2) is 0 Å². The zero-order valence-corrected chi connectivity index (χ0v) is 11.4. The van der Waals surface area contributed by atoms with Crippen LogP contribution < -0.4 is 5.32 Å². The summed E-state index contributed by atoms with van der Waals surface area (Å²) in [4.78, 5) is 22.3. The Hall–Kier alpha value is -1.89. The number of nitrogens with one attached hydrogen (secondary N) is 1. The highest BCUT2D eigenvalue weighted by Gasteiger charge is 2.30. The van der Waals surface area contributed by atoms with Gasteiger partial charge in [-0.05, 0) is 25.2 Å². The van der Waals surface area contributed by atoms with Crippen LogP contribution in [-0.2, 0) is 6.54 Å². The van der Waals surface area contributed by atoms with Gasteiger partial charge in [0.2, 0.25) is 0 Å². The minimum absolute atomic E-state index is 0.0914. The Morgan fingerprint density at radius 2 is 2.35 bits per heavy atom. The fourth-order valence-corrected chi connectivity index (χ4v) is 2.15. The molecule has 1 fully saturated rings. The number of hydrogen-bond donors (Lipinski definition) is 2. The molecule has 0 spiro atoms. The Morgan fingerprint density at radius 3 is 2.90 bits per heavy atom. The van der Waals surface area contributed by atoms with Crippen LogP contribution in [0.25, 0.3) is 0 Å². The molecule has 1 aliphatic rings. The second kappa shape index (κ2) is 6.04. The first-order chi connectivity index (χ1) is 9.52. The molecule has 0 aromatic carbocycles. The molecule has 1 atom stereocenters. The minimum Gasteiger partial charge on any atom is -0.391 e. The van der Waals surface area contributed by atoms with E-state index in [0.29, 0.717) is 6.54 Å². The number of aliphatic hydroxyl groups is 1. The Balaban J connectivity index is 2.04. The molecule has 0 bridgehead atoms. The van der Waals surface area contributed by atoms with Crippen molar-refractivity contribution in [3.63, 3.8) is 0 Å². The van der Waals surface area contributed by atoms with Crippen LogP contribution in [-0.4, -0.2) is 33.2 Å². The van der Waals surface area contributed by atoms with E-state index in [9.17, 15) is 20.0 Å². The Kier molecular flexibility index (Phi) is 4.39. The van der Waals surface area contributed by atoms with Crippen LogP contribution in [0, 0.1) is 16.0 Å². The van der Waals surface area contributed by atoms with Gasteiger partial charge in [0.15, 0.2) is 0 Å². The standard InChI is InChI=1S/C13H19N3O4/c1-2-5-15-8-10(16(19)20)6-11(15)13(18)14-7-12(17)9-3-4-9/h6,8-9,12,17H,2-5,7H2,1H3,(H,14,18). The van der Waals surface area contributed by atoms with E-state index in [1.165, 1.54) is 12.3 Å². The van der Waals surface area contributed by atoms with E-state index in [1.807, 2.05) is 6.92 Å². The highest BCUT2D eigenvalue weighted by Crippen LogP contribution is 2.32. The summed E-state index contributed by atoms with van der Waals surface area (Å²) in [6.07, 6.45) is 3.61. The fraction of sp³-hybridized carbons (Fsp3) is 0.615. The molecule has 1 unspecified atom stereocenters. The van der Waals surface area contributed by atoms with Gasteiger partial charge in [-0.1, -0.05) is 6.92 Å². The van der Waals surface area contributed by atoms with Gasteiger partial charge >= 0.3 is 0 Å². The van der Waals surface area contributed by atoms with Crippen LogP contribution in [0.1, 0.15) is 36.7 Å². The summed E-state index contributed by atoms with van der Waals surface area (Å²) in [5, 5.41) is 23.1. The molecule has 7 heteroatoms. The average molecular weight is 281 g/mol. The zero-order valence-electron chi connectivity index (χ0n) is 11.4. The van der Waals surface area contributed by atoms with E-state index in [2.05, 4.69) is 5.32 Å². The summed E-state index contributed by atoms with van der Waals surface area (Å²) in [6.45, 7) is 2.67. The molecule has 20 heavy (non-hydrogen) atoms. The second-order valence-corrected chi connectivity index (χ2v) is 5.15. The Bertz CT molecular complexity index is 508. The SMILES string of the molecule is CCCn1cc([N+](=O)[O-])cc1C(=O)NCC(O)C1CC1. The molecule has 0 radical (unpaired) electrons. The van der Waals surface area contributed by atoms with Gasteiger partial charge in [-0.2, -0.15) is 0 Å². The number of hydrogen-bond acceptors (Lipinski definition) is 4. The molecular formula is C13H19N3O4. The Morgan fingerprint density at radius 1 is 1.65 bits per heavy atom. The van der Waals surface area contributed by atoms with E-state index in [-0.39, 0.29) is 29.8 Å². The van der Waals surface area contributed by atoms with Crippen LogP contribution in [0.15, 0.2) is 12.3 Å². The normalized spacial score (nSPS) is 15.9. The zero-order chi connectivity index (χ0) is 14.7. The lowest BCUT2D eigenvalue weighted by atomic mass is 10.2. The molecule has 0 aliphatic heterocycles. The number of nitro groups is 1. The van der Waals surface area contributed by atoms with E-state index >= 15 is 0 Å². The van der Waals surface area contributed by atoms with Gasteiger partial charge < -0.3 is 15.0 Å². The largest absolute Gasteiger partial charge is 0.391 e. The highest BCUT2D eigenvalue weighted by molar-refractivity contribution is 5.93. The van der Waals surface area contributed by atoms with Crippen LogP contribution in [0.2, 0.25) is 0 Å². The minimum atomic E-state index is -0.525. The smallest absolute Gasteiger partial charge is 0.287 e. The third-order valence-electron chi connectivity index (χ3n) is 3.43. The Labute approximate surface area is 116 Å². The third kappa shape index (κ3) is 3.36. The van der Waals surface area contributed by atoms with Gasteiger partial charge in [0, 0.05) is 19.2 Å². The number of aliphatic hydroxyl groups excluding tert-OH is 1. The summed E-state index contributed by atoms with van der Waals surface area (Å²) in [5.41, 5.74) is 0.174. The van der Waals surface area contributed by atoms with Crippen molar-refractivity contribution >= 4 is 11.6 Å². The van der Waals surface area contributed by atoms with Gasteiger partial charge in [0.1, 0.15) is 5.69 Å². The summed E-state index contributed by atoms with van der Waals surface area (Å²) < 4.78 is 1.58. The van der Waals surface area contributed by atoms with Crippen LogP contribution in [0.4, 0.5) is 5.69 Å². The van der Waals surface area contributed by atoms with Crippen molar-refractivity contribution in [1.82, 2.24) is 9.88 Å². The lowest BCUT2D eigenvalue weighted by molar-refractivity contribution is -0.384. The predicted molar refractivity (Wildman–Crippen MR) is 72.4 cm³/mol. The molecule has 2 N–H and O–H groups in total. The quantitative estimate of drug-likeness (QED) is 0.581. The van der Waals surface area contributed by atoms with Crippen molar-refractivity contribution in [1.29, 1.82) is 0 Å². The number of amides is 1. The molecule has 1 aliphatic carbocycles. The maximum atomic E-state index is 12.1. The number of nitrogens with zero attached hydrogens (tertiary/aromatic N) is 2. The lowest BCUT2D eigenvalue weighted by Gasteiger charge is -2.11. The summed E-state index contributed by atoms with van der Waals surface area (Å²) >= 11 is 0. The van der Waals surface area contributed by atoms with Crippen LogP contribution in [0.5, 0.6) is 0 Å². The maximum absolute atomic E-state index is 12.1. The third-order valence-corrected chi connectivity index (χ3v) is 3.43. The number of aryl methyl sites for hydroxylation is 1. The molecule has 1 heterocycles. The second-order valence-electron chi connectivity index (χ2n) is 5.15. The van der Waals surface area contributed by atoms with Gasteiger partial charge in [0.25, 0.3) is 11.6 Å². The molecule has 1 aromatic rings. The van der Waals surface area contributed by atoms with E-state index in [1.54, 1.807) is 4.57 Å². The number of rotatable bonds is 7. The first kappa shape index (κ1) is 14.5. The van der Waals surface area contributed by atoms with Crippen molar-refractivity contribution in [3.8, 4) is 0 Å². The molecule has 1 amide bonds. The van der Waals surface area contributed by atoms with Gasteiger partial charge in [0.05, 0.1) is 17.2 Å². The molecule has 1 aromatic heterocycles. The van der Waals surface area contributed by atoms with Gasteiger partial charge in [-0.3, -0.25) is 14.9 Å². The maximum Gasteiger partial charge on any atom is 0.287 e. The van der Waals surface area contributed by atoms with Crippen LogP contribution >= 0.6 is 0 Å². The average Bonchev–Trinajstić information content (AvgIpc) is 3.17. The molecule has 1 saturated carbocycles. The van der Waals surface area contributed by atoms with E-state index in [0.717, 1.165) is 19.3 Å². The summed E-state index contributed by atoms with van der Waals surface area (Å²) in [7, 11) is 0. The van der Waals surface area contributed by atoms with E-state index < -0.39 is 11.0 Å². The predicted octanol–water partition coefficient (Wildman–Crippen LogP) is 1.31. The van der Waals surface area contributed by atoms with Crippen molar-refractivity contribution in [3.05, 3.63) is 28.1 Å². The number of carbonyl (C=O) groups excluding carboxylic acids is 1. The van der Waals surface area contributed by atoms with Crippen molar-refractivity contribution in [2.24, 2.45) is 5.92 Å². The van der Waals surface area contributed by atoms with Crippen molar-refractivity contribution in [2.75, 3.05) is 6.54 Å². The molecule has 2 rings (SSSR count). The number of carbonyl (C=O) groups is 1. The first-order valence-electron chi connectivity index (χ1n) is 6.83. The van der Waals surface area contributed by atoms with Crippen molar-refractivity contribution < 1.29 is 14.8 Å². The van der Waals surface area contributed by atoms with Gasteiger partial charge in [-0.15, -0.1) is 0 Å². The lowest BCUT2D eigenvalue weighted by Crippen LogP contribution is -2.34. The van der Waals surface area contributed by atoms with E-state index in [4.69, 9.17) is 0 Å². The highest BCUT2D eigenvalue weighted by atomic mass is 16.6. The molecule has 0 saturated heterocycles. The topological polar surface area (TPSA) is 97.4 Å². The molecule has 7 nitrogen and oxygen atoms in total. The monoisotopic (exact) mass is 281 g/mol.